The summed E-state index contributed by atoms with van der Waals surface area (Å²) in [5, 5.41) is 22.6. The minimum atomic E-state index is -1.28. The Balaban J connectivity index is 2.34. The predicted molar refractivity (Wildman–Crippen MR) is 79.4 cm³/mol. The molecule has 0 saturated heterocycles. The van der Waals surface area contributed by atoms with E-state index in [0.29, 0.717) is 5.69 Å². The Bertz CT molecular complexity index is 688. The zero-order chi connectivity index (χ0) is 15.4. The van der Waals surface area contributed by atoms with E-state index in [4.69, 9.17) is 5.11 Å². The summed E-state index contributed by atoms with van der Waals surface area (Å²) in [6.45, 7) is 0. The van der Waals surface area contributed by atoms with Crippen LogP contribution >= 0.6 is 11.8 Å². The lowest BCUT2D eigenvalue weighted by Gasteiger charge is -2.08. The van der Waals surface area contributed by atoms with Gasteiger partial charge in [0.2, 0.25) is 0 Å². The molecule has 21 heavy (non-hydrogen) atoms. The number of carboxylic acid groups (broad SMARTS) is 1. The molecule has 0 aliphatic rings. The second kappa shape index (κ2) is 6.23. The number of benzene rings is 1. The quantitative estimate of drug-likeness (QED) is 0.496. The number of anilines is 2. The van der Waals surface area contributed by atoms with Gasteiger partial charge in [0.15, 0.2) is 0 Å². The van der Waals surface area contributed by atoms with Crippen molar-refractivity contribution < 1.29 is 14.8 Å². The third kappa shape index (κ3) is 3.48. The van der Waals surface area contributed by atoms with Crippen molar-refractivity contribution in [3.63, 3.8) is 0 Å². The number of nitro groups is 1. The Morgan fingerprint density at radius 3 is 2.57 bits per heavy atom. The van der Waals surface area contributed by atoms with E-state index in [2.05, 4.69) is 10.3 Å². The van der Waals surface area contributed by atoms with Crippen LogP contribution in [-0.2, 0) is 0 Å². The molecular formula is C13H11N3O4S. The van der Waals surface area contributed by atoms with Crippen molar-refractivity contribution in [1.82, 2.24) is 4.98 Å². The molecule has 0 aliphatic carbocycles. The molecule has 7 nitrogen and oxygen atoms in total. The zero-order valence-corrected chi connectivity index (χ0v) is 11.8. The predicted octanol–water partition coefficient (Wildman–Crippen LogP) is 3.15. The third-order valence-corrected chi connectivity index (χ3v) is 3.41. The van der Waals surface area contributed by atoms with Gasteiger partial charge in [0.1, 0.15) is 17.6 Å². The molecule has 2 rings (SSSR count). The van der Waals surface area contributed by atoms with Crippen molar-refractivity contribution >= 4 is 34.9 Å². The van der Waals surface area contributed by atoms with Crippen LogP contribution in [0.5, 0.6) is 0 Å². The largest absolute Gasteiger partial charge is 0.478 e. The fourth-order valence-electron chi connectivity index (χ4n) is 1.63. The monoisotopic (exact) mass is 305 g/mol. The maximum Gasteiger partial charge on any atom is 0.339 e. The van der Waals surface area contributed by atoms with E-state index in [1.807, 2.05) is 18.4 Å². The zero-order valence-electron chi connectivity index (χ0n) is 10.9. The summed E-state index contributed by atoms with van der Waals surface area (Å²) in [4.78, 5) is 26.0. The number of hydrogen-bond donors (Lipinski definition) is 2. The molecule has 0 unspecified atom stereocenters. The van der Waals surface area contributed by atoms with Gasteiger partial charge >= 0.3 is 5.97 Å². The van der Waals surface area contributed by atoms with Crippen molar-refractivity contribution in [2.75, 3.05) is 11.6 Å². The van der Waals surface area contributed by atoms with E-state index in [0.717, 1.165) is 17.2 Å². The van der Waals surface area contributed by atoms with Crippen LogP contribution in [-0.4, -0.2) is 27.2 Å². The molecule has 0 radical (unpaired) electrons. The number of aromatic nitrogens is 1. The minimum absolute atomic E-state index is 0.0602. The van der Waals surface area contributed by atoms with E-state index >= 15 is 0 Å². The lowest BCUT2D eigenvalue weighted by Crippen LogP contribution is -2.06. The highest BCUT2D eigenvalue weighted by atomic mass is 32.2. The van der Waals surface area contributed by atoms with Crippen LogP contribution in [0, 0.1) is 10.1 Å². The normalized spacial score (nSPS) is 10.1. The lowest BCUT2D eigenvalue weighted by molar-refractivity contribution is -0.385. The molecule has 2 aromatic rings. The first-order valence-corrected chi connectivity index (χ1v) is 7.02. The Morgan fingerprint density at radius 2 is 2.05 bits per heavy atom. The number of aromatic carboxylic acids is 1. The first-order valence-electron chi connectivity index (χ1n) is 5.80. The Kier molecular flexibility index (Phi) is 4.39. The molecule has 1 aromatic heterocycles. The topological polar surface area (TPSA) is 105 Å². The fourth-order valence-corrected chi connectivity index (χ4v) is 2.04. The van der Waals surface area contributed by atoms with Gasteiger partial charge in [0.05, 0.1) is 4.92 Å². The molecule has 0 atom stereocenters. The molecule has 1 heterocycles. The highest BCUT2D eigenvalue weighted by Gasteiger charge is 2.17. The summed E-state index contributed by atoms with van der Waals surface area (Å²) >= 11 is 1.58. The molecule has 1 aromatic carbocycles. The summed E-state index contributed by atoms with van der Waals surface area (Å²) in [5.74, 6) is -1.22. The Morgan fingerprint density at radius 1 is 1.38 bits per heavy atom. The standard InChI is InChI=1S/C13H11N3O4S/c1-21-10-4-2-8(3-5-10)15-12-11(13(17)18)6-9(7-14-12)16(19)20/h2-7H,1H3,(H,14,15)(H,17,18). The van der Waals surface area contributed by atoms with E-state index in [1.165, 1.54) is 0 Å². The number of nitrogens with zero attached hydrogens (tertiary/aromatic N) is 2. The van der Waals surface area contributed by atoms with Gasteiger partial charge in [0, 0.05) is 16.6 Å². The summed E-state index contributed by atoms with van der Waals surface area (Å²) in [5.41, 5.74) is 0.0328. The number of hydrogen-bond acceptors (Lipinski definition) is 6. The molecule has 2 N–H and O–H groups in total. The van der Waals surface area contributed by atoms with Crippen LogP contribution in [0.3, 0.4) is 0 Å². The van der Waals surface area contributed by atoms with Crippen molar-refractivity contribution in [1.29, 1.82) is 0 Å². The fraction of sp³-hybridized carbons (Fsp3) is 0.0769. The first kappa shape index (κ1) is 14.8. The van der Waals surface area contributed by atoms with Crippen LogP contribution < -0.4 is 5.32 Å². The Hall–Kier alpha value is -2.61. The van der Waals surface area contributed by atoms with E-state index in [9.17, 15) is 14.9 Å². The van der Waals surface area contributed by atoms with Gasteiger partial charge in [-0.15, -0.1) is 11.8 Å². The summed E-state index contributed by atoms with van der Waals surface area (Å²) in [6, 6.07) is 8.28. The van der Waals surface area contributed by atoms with Gasteiger partial charge in [0.25, 0.3) is 5.69 Å². The molecule has 0 amide bonds. The maximum atomic E-state index is 11.2. The van der Waals surface area contributed by atoms with Crippen LogP contribution in [0.4, 0.5) is 17.2 Å². The van der Waals surface area contributed by atoms with Crippen molar-refractivity contribution in [2.24, 2.45) is 0 Å². The number of carboxylic acids is 1. The molecule has 108 valence electrons. The second-order valence-electron chi connectivity index (χ2n) is 4.01. The van der Waals surface area contributed by atoms with Gasteiger partial charge in [-0.2, -0.15) is 0 Å². The highest BCUT2D eigenvalue weighted by Crippen LogP contribution is 2.24. The summed E-state index contributed by atoms with van der Waals surface area (Å²) in [6.07, 6.45) is 2.97. The van der Waals surface area contributed by atoms with Crippen molar-refractivity contribution in [3.8, 4) is 0 Å². The van der Waals surface area contributed by atoms with Gasteiger partial charge in [-0.1, -0.05) is 0 Å². The van der Waals surface area contributed by atoms with Crippen molar-refractivity contribution in [2.45, 2.75) is 4.90 Å². The molecule has 8 heteroatoms. The number of rotatable bonds is 5. The third-order valence-electron chi connectivity index (χ3n) is 2.67. The molecule has 0 aliphatic heterocycles. The van der Waals surface area contributed by atoms with E-state index in [1.54, 1.807) is 23.9 Å². The summed E-state index contributed by atoms with van der Waals surface area (Å²) in [7, 11) is 0. The number of carbonyl (C=O) groups is 1. The molecule has 0 saturated carbocycles. The van der Waals surface area contributed by atoms with Gasteiger partial charge < -0.3 is 10.4 Å². The number of thioether (sulfide) groups is 1. The smallest absolute Gasteiger partial charge is 0.339 e. The van der Waals surface area contributed by atoms with E-state index in [-0.39, 0.29) is 17.1 Å². The average molecular weight is 305 g/mol. The minimum Gasteiger partial charge on any atom is -0.478 e. The second-order valence-corrected chi connectivity index (χ2v) is 4.89. The average Bonchev–Trinajstić information content (AvgIpc) is 2.48. The Labute approximate surface area is 124 Å². The first-order chi connectivity index (χ1) is 10.0. The van der Waals surface area contributed by atoms with Crippen LogP contribution in [0.1, 0.15) is 10.4 Å². The number of nitrogens with one attached hydrogen (secondary N) is 1. The van der Waals surface area contributed by atoms with Crippen LogP contribution in [0.25, 0.3) is 0 Å². The molecular weight excluding hydrogens is 294 g/mol. The van der Waals surface area contributed by atoms with Gasteiger partial charge in [-0.25, -0.2) is 9.78 Å². The SMILES string of the molecule is CSc1ccc(Nc2ncc([N+](=O)[O-])cc2C(=O)O)cc1. The number of pyridine rings is 1. The van der Waals surface area contributed by atoms with Crippen molar-refractivity contribution in [3.05, 3.63) is 52.2 Å². The lowest BCUT2D eigenvalue weighted by atomic mass is 10.2. The maximum absolute atomic E-state index is 11.2. The van der Waals surface area contributed by atoms with E-state index < -0.39 is 10.9 Å². The molecule has 0 fully saturated rings. The molecule has 0 spiro atoms. The highest BCUT2D eigenvalue weighted by molar-refractivity contribution is 7.98. The molecule has 0 bridgehead atoms. The summed E-state index contributed by atoms with van der Waals surface area (Å²) < 4.78 is 0. The van der Waals surface area contributed by atoms with Crippen LogP contribution in [0.15, 0.2) is 41.4 Å². The van der Waals surface area contributed by atoms with Gasteiger partial charge in [-0.05, 0) is 30.5 Å². The van der Waals surface area contributed by atoms with Crippen LogP contribution in [0.2, 0.25) is 0 Å². The van der Waals surface area contributed by atoms with Gasteiger partial charge in [-0.3, -0.25) is 10.1 Å².